The fraction of sp³-hybridized carbons (Fsp3) is 0.353. The molecule has 0 bridgehead atoms. The number of nitrogens with one attached hydrogen (secondary N) is 2. The molecular formula is C17H19N3O6. The first-order chi connectivity index (χ1) is 12.3. The Kier molecular flexibility index (Phi) is 6.05. The zero-order chi connectivity index (χ0) is 19.3. The summed E-state index contributed by atoms with van der Waals surface area (Å²) in [6.45, 7) is 2.45. The van der Waals surface area contributed by atoms with E-state index < -0.39 is 42.9 Å². The number of hydrogen-bond donors (Lipinski definition) is 2. The number of ether oxygens (including phenoxy) is 1. The van der Waals surface area contributed by atoms with Gasteiger partial charge in [0, 0.05) is 6.54 Å². The number of esters is 1. The summed E-state index contributed by atoms with van der Waals surface area (Å²) in [4.78, 5) is 60.1. The van der Waals surface area contributed by atoms with Gasteiger partial charge in [-0.15, -0.1) is 0 Å². The van der Waals surface area contributed by atoms with Gasteiger partial charge in [-0.1, -0.05) is 12.1 Å². The second-order valence-corrected chi connectivity index (χ2v) is 5.59. The number of hydrogen-bond acceptors (Lipinski definition) is 6. The van der Waals surface area contributed by atoms with Gasteiger partial charge in [-0.3, -0.25) is 28.9 Å². The van der Waals surface area contributed by atoms with Crippen LogP contribution < -0.4 is 10.6 Å². The van der Waals surface area contributed by atoms with Gasteiger partial charge >= 0.3 is 5.97 Å². The average molecular weight is 361 g/mol. The Morgan fingerprint density at radius 3 is 2.23 bits per heavy atom. The van der Waals surface area contributed by atoms with Gasteiger partial charge in [0.05, 0.1) is 11.1 Å². The van der Waals surface area contributed by atoms with Crippen molar-refractivity contribution in [1.29, 1.82) is 0 Å². The molecule has 9 heteroatoms. The average Bonchev–Trinajstić information content (AvgIpc) is 2.85. The van der Waals surface area contributed by atoms with Crippen molar-refractivity contribution in [3.05, 3.63) is 35.4 Å². The van der Waals surface area contributed by atoms with Gasteiger partial charge in [-0.2, -0.15) is 0 Å². The Bertz CT molecular complexity index is 726. The molecule has 1 aromatic rings. The van der Waals surface area contributed by atoms with E-state index in [4.69, 9.17) is 4.74 Å². The zero-order valence-electron chi connectivity index (χ0n) is 14.4. The van der Waals surface area contributed by atoms with E-state index >= 15 is 0 Å². The number of rotatable bonds is 7. The van der Waals surface area contributed by atoms with Gasteiger partial charge in [0.2, 0.25) is 5.91 Å². The first kappa shape index (κ1) is 19.1. The topological polar surface area (TPSA) is 122 Å². The monoisotopic (exact) mass is 361 g/mol. The van der Waals surface area contributed by atoms with Crippen LogP contribution in [0.25, 0.3) is 0 Å². The molecule has 4 amide bonds. The van der Waals surface area contributed by atoms with Crippen LogP contribution >= 0.6 is 0 Å². The van der Waals surface area contributed by atoms with Crippen molar-refractivity contribution in [1.82, 2.24) is 15.5 Å². The van der Waals surface area contributed by atoms with Crippen LogP contribution in [-0.4, -0.2) is 60.2 Å². The second kappa shape index (κ2) is 8.24. The molecular weight excluding hydrogens is 342 g/mol. The molecule has 0 aliphatic carbocycles. The van der Waals surface area contributed by atoms with E-state index in [0.717, 1.165) is 4.90 Å². The number of fused-ring (bicyclic) bond motifs is 1. The molecule has 1 heterocycles. The highest BCUT2D eigenvalue weighted by molar-refractivity contribution is 6.22. The molecule has 0 spiro atoms. The lowest BCUT2D eigenvalue weighted by atomic mass is 10.1. The van der Waals surface area contributed by atoms with E-state index in [1.807, 2.05) is 0 Å². The maximum absolute atomic E-state index is 12.1. The van der Waals surface area contributed by atoms with E-state index in [-0.39, 0.29) is 17.0 Å². The van der Waals surface area contributed by atoms with Crippen molar-refractivity contribution in [2.75, 3.05) is 19.7 Å². The minimum absolute atomic E-state index is 0.221. The summed E-state index contributed by atoms with van der Waals surface area (Å²) in [5, 5.41) is 4.91. The SMILES string of the molecule is CCNC(=O)[C@@H](C)NC(=O)COC(=O)CN1C(=O)c2ccccc2C1=O. The van der Waals surface area contributed by atoms with Crippen LogP contribution in [0.4, 0.5) is 0 Å². The third-order valence-electron chi connectivity index (χ3n) is 3.65. The molecule has 2 N–H and O–H groups in total. The van der Waals surface area contributed by atoms with Crippen molar-refractivity contribution in [2.45, 2.75) is 19.9 Å². The quantitative estimate of drug-likeness (QED) is 0.497. The first-order valence-corrected chi connectivity index (χ1v) is 8.03. The third-order valence-corrected chi connectivity index (χ3v) is 3.65. The molecule has 1 atom stereocenters. The number of nitrogens with zero attached hydrogens (tertiary/aromatic N) is 1. The number of carbonyl (C=O) groups excluding carboxylic acids is 5. The fourth-order valence-electron chi connectivity index (χ4n) is 2.38. The lowest BCUT2D eigenvalue weighted by Crippen LogP contribution is -2.46. The van der Waals surface area contributed by atoms with Crippen molar-refractivity contribution >= 4 is 29.6 Å². The largest absolute Gasteiger partial charge is 0.454 e. The fourth-order valence-corrected chi connectivity index (χ4v) is 2.38. The number of carbonyl (C=O) groups is 5. The smallest absolute Gasteiger partial charge is 0.326 e. The first-order valence-electron chi connectivity index (χ1n) is 8.03. The van der Waals surface area contributed by atoms with Crippen LogP contribution in [0.5, 0.6) is 0 Å². The predicted molar refractivity (Wildman–Crippen MR) is 89.1 cm³/mol. The van der Waals surface area contributed by atoms with E-state index in [0.29, 0.717) is 6.54 Å². The van der Waals surface area contributed by atoms with Gasteiger partial charge in [-0.05, 0) is 26.0 Å². The molecule has 0 aromatic heterocycles. The minimum Gasteiger partial charge on any atom is -0.454 e. The Morgan fingerprint density at radius 2 is 1.69 bits per heavy atom. The molecule has 1 aliphatic heterocycles. The van der Waals surface area contributed by atoms with Crippen LogP contribution in [0.15, 0.2) is 24.3 Å². The van der Waals surface area contributed by atoms with Crippen molar-refractivity contribution in [2.24, 2.45) is 0 Å². The molecule has 9 nitrogen and oxygen atoms in total. The summed E-state index contributed by atoms with van der Waals surface area (Å²) < 4.78 is 4.77. The van der Waals surface area contributed by atoms with Gasteiger partial charge in [0.15, 0.2) is 6.61 Å². The van der Waals surface area contributed by atoms with Crippen molar-refractivity contribution < 1.29 is 28.7 Å². The lowest BCUT2D eigenvalue weighted by molar-refractivity contribution is -0.149. The number of amides is 4. The molecule has 1 aliphatic rings. The van der Waals surface area contributed by atoms with Crippen LogP contribution in [0, 0.1) is 0 Å². The summed E-state index contributed by atoms with van der Waals surface area (Å²) in [6.07, 6.45) is 0. The highest BCUT2D eigenvalue weighted by Crippen LogP contribution is 2.21. The third kappa shape index (κ3) is 4.24. The van der Waals surface area contributed by atoms with E-state index in [2.05, 4.69) is 10.6 Å². The van der Waals surface area contributed by atoms with Crippen molar-refractivity contribution in [3.8, 4) is 0 Å². The maximum atomic E-state index is 12.1. The second-order valence-electron chi connectivity index (χ2n) is 5.59. The highest BCUT2D eigenvalue weighted by atomic mass is 16.5. The van der Waals surface area contributed by atoms with Gasteiger partial charge in [-0.25, -0.2) is 0 Å². The number of benzene rings is 1. The molecule has 0 unspecified atom stereocenters. The standard InChI is InChI=1S/C17H19N3O6/c1-3-18-15(23)10(2)19-13(21)9-26-14(22)8-20-16(24)11-6-4-5-7-12(11)17(20)25/h4-7,10H,3,8-9H2,1-2H3,(H,18,23)(H,19,21)/t10-/m1/s1. The van der Waals surface area contributed by atoms with Crippen LogP contribution in [0.1, 0.15) is 34.6 Å². The molecule has 138 valence electrons. The number of likely N-dealkylation sites (N-methyl/N-ethyl adjacent to an activating group) is 1. The summed E-state index contributed by atoms with van der Waals surface area (Å²) >= 11 is 0. The number of imide groups is 1. The molecule has 0 saturated carbocycles. The van der Waals surface area contributed by atoms with E-state index in [1.165, 1.54) is 19.1 Å². The molecule has 1 aromatic carbocycles. The molecule has 0 saturated heterocycles. The summed E-state index contributed by atoms with van der Waals surface area (Å²) in [7, 11) is 0. The maximum Gasteiger partial charge on any atom is 0.326 e. The highest BCUT2D eigenvalue weighted by Gasteiger charge is 2.36. The summed E-state index contributed by atoms with van der Waals surface area (Å²) in [6, 6.07) is 5.45. The Balaban J connectivity index is 1.83. The lowest BCUT2D eigenvalue weighted by Gasteiger charge is -2.15. The summed E-state index contributed by atoms with van der Waals surface area (Å²) in [5.74, 6) is -3.10. The van der Waals surface area contributed by atoms with Crippen LogP contribution in [0.3, 0.4) is 0 Å². The Labute approximate surface area is 149 Å². The normalized spacial score (nSPS) is 13.8. The molecule has 26 heavy (non-hydrogen) atoms. The Hall–Kier alpha value is -3.23. The Morgan fingerprint density at radius 1 is 1.12 bits per heavy atom. The molecule has 2 rings (SSSR count). The van der Waals surface area contributed by atoms with Crippen LogP contribution in [-0.2, 0) is 19.1 Å². The molecule has 0 fully saturated rings. The van der Waals surface area contributed by atoms with E-state index in [9.17, 15) is 24.0 Å². The summed E-state index contributed by atoms with van der Waals surface area (Å²) in [5.41, 5.74) is 0.442. The van der Waals surface area contributed by atoms with Crippen LogP contribution in [0.2, 0.25) is 0 Å². The molecule has 0 radical (unpaired) electrons. The zero-order valence-corrected chi connectivity index (χ0v) is 14.4. The van der Waals surface area contributed by atoms with Gasteiger partial charge in [0.25, 0.3) is 17.7 Å². The predicted octanol–water partition coefficient (Wildman–Crippen LogP) is -0.533. The van der Waals surface area contributed by atoms with Gasteiger partial charge in [0.1, 0.15) is 12.6 Å². The van der Waals surface area contributed by atoms with E-state index in [1.54, 1.807) is 19.1 Å². The van der Waals surface area contributed by atoms with Crippen molar-refractivity contribution in [3.63, 3.8) is 0 Å². The van der Waals surface area contributed by atoms with Gasteiger partial charge < -0.3 is 15.4 Å². The minimum atomic E-state index is -0.902.